The first-order valence-corrected chi connectivity index (χ1v) is 9.24. The van der Waals surface area contributed by atoms with Crippen molar-refractivity contribution in [1.29, 1.82) is 0 Å². The highest BCUT2D eigenvalue weighted by Gasteiger charge is 2.38. The number of rotatable bonds is 5. The smallest absolute Gasteiger partial charge is 0.240 e. The van der Waals surface area contributed by atoms with Crippen molar-refractivity contribution in [2.75, 3.05) is 45.9 Å². The molecule has 7 nitrogen and oxygen atoms in total. The number of nitrogens with one attached hydrogen (secondary N) is 1. The van der Waals surface area contributed by atoms with Crippen LogP contribution in [0.25, 0.3) is 0 Å². The topological polar surface area (TPSA) is 87.9 Å². The number of hydrogen-bond donors (Lipinski definition) is 2. The first-order valence-electron chi connectivity index (χ1n) is 9.24. The Kier molecular flexibility index (Phi) is 9.61. The van der Waals surface area contributed by atoms with Gasteiger partial charge in [-0.3, -0.25) is 14.5 Å². The molecular formula is C17H32Cl2N4O3. The lowest BCUT2D eigenvalue weighted by Gasteiger charge is -2.33. The maximum absolute atomic E-state index is 12.5. The summed E-state index contributed by atoms with van der Waals surface area (Å²) in [6, 6.07) is -0.1000. The molecule has 1 atom stereocenters. The summed E-state index contributed by atoms with van der Waals surface area (Å²) in [5.74, 6) is 0.0540. The van der Waals surface area contributed by atoms with Crippen LogP contribution in [0, 0.1) is 0 Å². The molecule has 0 aromatic rings. The summed E-state index contributed by atoms with van der Waals surface area (Å²) in [7, 11) is 0. The highest BCUT2D eigenvalue weighted by atomic mass is 35.5. The molecule has 3 fully saturated rings. The third-order valence-corrected chi connectivity index (χ3v) is 5.54. The number of amides is 2. The molecule has 152 valence electrons. The lowest BCUT2D eigenvalue weighted by Crippen LogP contribution is -2.57. The molecule has 2 aliphatic heterocycles. The van der Waals surface area contributed by atoms with Crippen molar-refractivity contribution in [2.45, 2.75) is 50.1 Å². The zero-order valence-electron chi connectivity index (χ0n) is 15.3. The summed E-state index contributed by atoms with van der Waals surface area (Å²) in [4.78, 5) is 28.9. The van der Waals surface area contributed by atoms with Gasteiger partial charge in [0, 0.05) is 39.1 Å². The summed E-state index contributed by atoms with van der Waals surface area (Å²) in [6.45, 7) is 5.59. The van der Waals surface area contributed by atoms with Crippen LogP contribution in [0.2, 0.25) is 0 Å². The Labute approximate surface area is 168 Å². The summed E-state index contributed by atoms with van der Waals surface area (Å²) in [5, 5.41) is 3.03. The van der Waals surface area contributed by atoms with Gasteiger partial charge in [0.1, 0.15) is 0 Å². The highest BCUT2D eigenvalue weighted by molar-refractivity contribution is 5.88. The number of carbonyl (C=O) groups excluding carboxylic acids is 2. The van der Waals surface area contributed by atoms with Crippen LogP contribution < -0.4 is 11.1 Å². The van der Waals surface area contributed by atoms with Crippen LogP contribution in [0.1, 0.15) is 38.5 Å². The quantitative estimate of drug-likeness (QED) is 0.690. The average molecular weight is 411 g/mol. The Morgan fingerprint density at radius 2 is 1.81 bits per heavy atom. The molecule has 2 amide bonds. The summed E-state index contributed by atoms with van der Waals surface area (Å²) in [5.41, 5.74) is 5.54. The van der Waals surface area contributed by atoms with Crippen LogP contribution in [0.3, 0.4) is 0 Å². The normalized spacial score (nSPS) is 26.0. The standard InChI is InChI=1S/C17H30N4O3.2ClH/c18-17(4-2-1-3-5-17)16(23)19-14-12-15(22)21(13-14)7-6-20-8-10-24-11-9-20;;/h14H,1-13,18H2,(H,19,23);2*1H. The van der Waals surface area contributed by atoms with Crippen LogP contribution in [0.4, 0.5) is 0 Å². The maximum atomic E-state index is 12.5. The predicted molar refractivity (Wildman–Crippen MR) is 105 cm³/mol. The molecule has 1 aliphatic carbocycles. The van der Waals surface area contributed by atoms with Crippen LogP contribution in [0.15, 0.2) is 0 Å². The van der Waals surface area contributed by atoms with Gasteiger partial charge in [-0.25, -0.2) is 0 Å². The van der Waals surface area contributed by atoms with Crippen molar-refractivity contribution < 1.29 is 14.3 Å². The van der Waals surface area contributed by atoms with E-state index in [0.717, 1.165) is 71.5 Å². The van der Waals surface area contributed by atoms with Gasteiger partial charge in [0.05, 0.1) is 24.8 Å². The van der Waals surface area contributed by atoms with E-state index >= 15 is 0 Å². The molecule has 0 spiro atoms. The van der Waals surface area contributed by atoms with Gasteiger partial charge < -0.3 is 20.7 Å². The van der Waals surface area contributed by atoms with Gasteiger partial charge in [-0.05, 0) is 12.8 Å². The van der Waals surface area contributed by atoms with E-state index in [9.17, 15) is 9.59 Å². The Balaban J connectivity index is 0.00000169. The Morgan fingerprint density at radius 3 is 2.46 bits per heavy atom. The van der Waals surface area contributed by atoms with Gasteiger partial charge in [-0.15, -0.1) is 24.8 Å². The molecule has 3 rings (SSSR count). The average Bonchev–Trinajstić information content (AvgIpc) is 2.94. The molecule has 0 radical (unpaired) electrons. The monoisotopic (exact) mass is 410 g/mol. The fraction of sp³-hybridized carbons (Fsp3) is 0.882. The van der Waals surface area contributed by atoms with E-state index in [0.29, 0.717) is 13.0 Å². The summed E-state index contributed by atoms with van der Waals surface area (Å²) < 4.78 is 5.34. The number of carbonyl (C=O) groups is 2. The van der Waals surface area contributed by atoms with Gasteiger partial charge >= 0.3 is 0 Å². The fourth-order valence-electron chi connectivity index (χ4n) is 3.91. The molecule has 0 bridgehead atoms. The van der Waals surface area contributed by atoms with Crippen LogP contribution in [0.5, 0.6) is 0 Å². The largest absolute Gasteiger partial charge is 0.379 e. The third kappa shape index (κ3) is 5.96. The number of ether oxygens (including phenoxy) is 1. The summed E-state index contributed by atoms with van der Waals surface area (Å²) in [6.07, 6.45) is 5.08. The lowest BCUT2D eigenvalue weighted by molar-refractivity contribution is -0.128. The maximum Gasteiger partial charge on any atom is 0.240 e. The first-order chi connectivity index (χ1) is 11.6. The lowest BCUT2D eigenvalue weighted by atomic mass is 9.81. The molecule has 1 saturated carbocycles. The van der Waals surface area contributed by atoms with Crippen LogP contribution >= 0.6 is 24.8 Å². The number of morpholine rings is 1. The highest BCUT2D eigenvalue weighted by Crippen LogP contribution is 2.26. The fourth-order valence-corrected chi connectivity index (χ4v) is 3.91. The molecule has 1 unspecified atom stereocenters. The van der Waals surface area contributed by atoms with Crippen molar-refractivity contribution in [3.8, 4) is 0 Å². The van der Waals surface area contributed by atoms with Gasteiger partial charge in [0.15, 0.2) is 0 Å². The second-order valence-corrected chi connectivity index (χ2v) is 7.39. The number of likely N-dealkylation sites (tertiary alicyclic amines) is 1. The van der Waals surface area contributed by atoms with Gasteiger partial charge in [-0.1, -0.05) is 19.3 Å². The van der Waals surface area contributed by atoms with Crippen molar-refractivity contribution >= 4 is 36.6 Å². The number of nitrogens with zero attached hydrogens (tertiary/aromatic N) is 2. The Hall–Kier alpha value is -0.600. The minimum atomic E-state index is -0.734. The van der Waals surface area contributed by atoms with E-state index in [2.05, 4.69) is 10.2 Å². The molecule has 2 heterocycles. The summed E-state index contributed by atoms with van der Waals surface area (Å²) >= 11 is 0. The number of hydrogen-bond acceptors (Lipinski definition) is 5. The van der Waals surface area contributed by atoms with Crippen LogP contribution in [-0.4, -0.2) is 79.1 Å². The zero-order valence-corrected chi connectivity index (χ0v) is 16.9. The molecule has 0 aromatic heterocycles. The molecule has 2 saturated heterocycles. The first kappa shape index (κ1) is 23.4. The Bertz CT molecular complexity index is 469. The Morgan fingerprint density at radius 1 is 1.15 bits per heavy atom. The van der Waals surface area contributed by atoms with E-state index in [-0.39, 0.29) is 42.7 Å². The molecule has 0 aromatic carbocycles. The second kappa shape index (κ2) is 10.7. The number of nitrogens with two attached hydrogens (primary N) is 1. The second-order valence-electron chi connectivity index (χ2n) is 7.39. The molecule has 3 N–H and O–H groups in total. The van der Waals surface area contributed by atoms with E-state index in [1.807, 2.05) is 4.90 Å². The van der Waals surface area contributed by atoms with E-state index in [4.69, 9.17) is 10.5 Å². The minimum absolute atomic E-state index is 0. The molecule has 3 aliphatic rings. The molecular weight excluding hydrogens is 379 g/mol. The zero-order chi connectivity index (χ0) is 17.0. The number of halogens is 2. The predicted octanol–water partition coefficient (Wildman–Crippen LogP) is 0.541. The van der Waals surface area contributed by atoms with Crippen LogP contribution in [-0.2, 0) is 14.3 Å². The van der Waals surface area contributed by atoms with Gasteiger partial charge in [0.2, 0.25) is 11.8 Å². The van der Waals surface area contributed by atoms with Crippen molar-refractivity contribution in [1.82, 2.24) is 15.1 Å². The van der Waals surface area contributed by atoms with E-state index < -0.39 is 5.54 Å². The molecule has 26 heavy (non-hydrogen) atoms. The van der Waals surface area contributed by atoms with E-state index in [1.54, 1.807) is 0 Å². The van der Waals surface area contributed by atoms with Gasteiger partial charge in [0.25, 0.3) is 0 Å². The van der Waals surface area contributed by atoms with Crippen molar-refractivity contribution in [3.63, 3.8) is 0 Å². The SMILES string of the molecule is Cl.Cl.NC1(C(=O)NC2CC(=O)N(CCN3CCOCC3)C2)CCCCC1. The van der Waals surface area contributed by atoms with Crippen molar-refractivity contribution in [2.24, 2.45) is 5.73 Å². The van der Waals surface area contributed by atoms with Crippen molar-refractivity contribution in [3.05, 3.63) is 0 Å². The third-order valence-electron chi connectivity index (χ3n) is 5.54. The molecule has 9 heteroatoms. The van der Waals surface area contributed by atoms with Gasteiger partial charge in [-0.2, -0.15) is 0 Å². The van der Waals surface area contributed by atoms with E-state index in [1.165, 1.54) is 0 Å². The minimum Gasteiger partial charge on any atom is -0.379 e.